The van der Waals surface area contributed by atoms with Crippen molar-refractivity contribution in [3.8, 4) is 0 Å². The minimum absolute atomic E-state index is 0.167. The quantitative estimate of drug-likeness (QED) is 0.806. The molecule has 0 aliphatic carbocycles. The van der Waals surface area contributed by atoms with E-state index in [9.17, 15) is 9.59 Å². The molecule has 2 heterocycles. The normalized spacial score (nSPS) is 10.6. The van der Waals surface area contributed by atoms with Gasteiger partial charge in [0.25, 0.3) is 5.91 Å². The summed E-state index contributed by atoms with van der Waals surface area (Å²) in [7, 11) is 1.73. The lowest BCUT2D eigenvalue weighted by atomic mass is 10.4. The van der Waals surface area contributed by atoms with Crippen molar-refractivity contribution in [1.29, 1.82) is 0 Å². The van der Waals surface area contributed by atoms with Gasteiger partial charge in [0.15, 0.2) is 6.61 Å². The molecule has 0 aliphatic rings. The summed E-state index contributed by atoms with van der Waals surface area (Å²) in [5.74, 6) is -0.271. The molecule has 8 nitrogen and oxygen atoms in total. The van der Waals surface area contributed by atoms with Crippen molar-refractivity contribution in [2.24, 2.45) is 7.05 Å². The van der Waals surface area contributed by atoms with Gasteiger partial charge in [0.1, 0.15) is 5.82 Å². The van der Waals surface area contributed by atoms with Gasteiger partial charge in [0.05, 0.1) is 24.4 Å². The van der Waals surface area contributed by atoms with Crippen molar-refractivity contribution < 1.29 is 14.3 Å². The molecule has 2 aromatic rings. The van der Waals surface area contributed by atoms with E-state index < -0.39 is 11.9 Å². The van der Waals surface area contributed by atoms with Crippen LogP contribution in [-0.2, 0) is 27.9 Å². The van der Waals surface area contributed by atoms with Gasteiger partial charge in [-0.2, -0.15) is 10.2 Å². The van der Waals surface area contributed by atoms with Crippen molar-refractivity contribution in [2.75, 3.05) is 11.9 Å². The second-order valence-electron chi connectivity index (χ2n) is 5.40. The topological polar surface area (TPSA) is 91.0 Å². The predicted molar refractivity (Wildman–Crippen MR) is 83.9 cm³/mol. The van der Waals surface area contributed by atoms with Crippen molar-refractivity contribution in [1.82, 2.24) is 19.6 Å². The third kappa shape index (κ3) is 4.67. The highest BCUT2D eigenvalue weighted by Crippen LogP contribution is 2.07. The highest BCUT2D eigenvalue weighted by atomic mass is 16.5. The molecule has 0 unspecified atom stereocenters. The molecule has 0 bridgehead atoms. The average Bonchev–Trinajstić information content (AvgIpc) is 2.95. The Bertz CT molecular complexity index is 717. The third-order valence-electron chi connectivity index (χ3n) is 3.26. The zero-order valence-electron chi connectivity index (χ0n) is 13.8. The van der Waals surface area contributed by atoms with Gasteiger partial charge in [-0.25, -0.2) is 0 Å². The summed E-state index contributed by atoms with van der Waals surface area (Å²) < 4.78 is 8.27. The van der Waals surface area contributed by atoms with Crippen LogP contribution in [0.5, 0.6) is 0 Å². The first kappa shape index (κ1) is 16.7. The molecule has 124 valence electrons. The van der Waals surface area contributed by atoms with E-state index in [1.807, 2.05) is 26.8 Å². The molecule has 0 radical (unpaired) electrons. The van der Waals surface area contributed by atoms with Gasteiger partial charge in [-0.15, -0.1) is 0 Å². The number of carbonyl (C=O) groups is 2. The van der Waals surface area contributed by atoms with Crippen LogP contribution in [-0.4, -0.2) is 38.0 Å². The fourth-order valence-corrected chi connectivity index (χ4v) is 2.22. The number of carbonyl (C=O) groups excluding carboxylic acids is 2. The van der Waals surface area contributed by atoms with Crippen molar-refractivity contribution >= 4 is 17.7 Å². The first-order chi connectivity index (χ1) is 10.8. The second-order valence-corrected chi connectivity index (χ2v) is 5.40. The minimum Gasteiger partial charge on any atom is -0.456 e. The number of hydrogen-bond acceptors (Lipinski definition) is 5. The Labute approximate surface area is 134 Å². The van der Waals surface area contributed by atoms with Crippen LogP contribution in [0.15, 0.2) is 12.1 Å². The van der Waals surface area contributed by atoms with E-state index in [2.05, 4.69) is 15.5 Å². The maximum Gasteiger partial charge on any atom is 0.308 e. The number of ether oxygens (including phenoxy) is 1. The number of nitrogens with zero attached hydrogens (tertiary/aromatic N) is 4. The van der Waals surface area contributed by atoms with E-state index in [0.717, 1.165) is 17.1 Å². The van der Waals surface area contributed by atoms with E-state index in [4.69, 9.17) is 4.74 Å². The van der Waals surface area contributed by atoms with Gasteiger partial charge in [-0.1, -0.05) is 0 Å². The maximum atomic E-state index is 11.8. The number of anilines is 1. The Balaban J connectivity index is 1.74. The minimum atomic E-state index is -0.436. The average molecular weight is 319 g/mol. The van der Waals surface area contributed by atoms with Gasteiger partial charge >= 0.3 is 5.97 Å². The van der Waals surface area contributed by atoms with Crippen LogP contribution in [0.4, 0.5) is 5.82 Å². The van der Waals surface area contributed by atoms with E-state index in [-0.39, 0.29) is 13.0 Å². The molecule has 1 amide bonds. The van der Waals surface area contributed by atoms with Gasteiger partial charge in [-0.3, -0.25) is 19.0 Å². The molecule has 0 aromatic carbocycles. The number of aromatic nitrogens is 4. The summed E-state index contributed by atoms with van der Waals surface area (Å²) in [5.41, 5.74) is 2.69. The second kappa shape index (κ2) is 7.08. The van der Waals surface area contributed by atoms with Crippen LogP contribution in [0.2, 0.25) is 0 Å². The molecule has 0 fully saturated rings. The third-order valence-corrected chi connectivity index (χ3v) is 3.26. The van der Waals surface area contributed by atoms with Crippen LogP contribution in [0.25, 0.3) is 0 Å². The van der Waals surface area contributed by atoms with Crippen molar-refractivity contribution in [3.05, 3.63) is 29.2 Å². The molecule has 0 aliphatic heterocycles. The lowest BCUT2D eigenvalue weighted by Crippen LogP contribution is -2.22. The molecule has 2 rings (SSSR count). The lowest BCUT2D eigenvalue weighted by Gasteiger charge is -2.07. The standard InChI is InChI=1S/C15H21N5O3/c1-10-7-12(3)20(18-10)6-5-15(22)23-9-14(21)16-13-8-11(2)17-19(13)4/h7-8H,5-6,9H2,1-4H3,(H,16,21). The highest BCUT2D eigenvalue weighted by Gasteiger charge is 2.11. The zero-order valence-corrected chi connectivity index (χ0v) is 13.8. The van der Waals surface area contributed by atoms with E-state index >= 15 is 0 Å². The van der Waals surface area contributed by atoms with Crippen LogP contribution < -0.4 is 5.32 Å². The van der Waals surface area contributed by atoms with Crippen LogP contribution >= 0.6 is 0 Å². The SMILES string of the molecule is Cc1cc(NC(=O)COC(=O)CCn2nc(C)cc2C)n(C)n1. The smallest absolute Gasteiger partial charge is 0.308 e. The summed E-state index contributed by atoms with van der Waals surface area (Å²) in [6.45, 7) is 5.76. The molecule has 0 saturated carbocycles. The molecule has 0 saturated heterocycles. The number of aryl methyl sites for hydroxylation is 5. The fraction of sp³-hybridized carbons (Fsp3) is 0.467. The maximum absolute atomic E-state index is 11.8. The summed E-state index contributed by atoms with van der Waals surface area (Å²) >= 11 is 0. The summed E-state index contributed by atoms with van der Waals surface area (Å²) in [6.07, 6.45) is 0.167. The molecule has 1 N–H and O–H groups in total. The molecular formula is C15H21N5O3. The fourth-order valence-electron chi connectivity index (χ4n) is 2.22. The first-order valence-corrected chi connectivity index (χ1v) is 7.32. The number of amides is 1. The molecule has 0 spiro atoms. The van der Waals surface area contributed by atoms with Gasteiger partial charge in [-0.05, 0) is 26.8 Å². The highest BCUT2D eigenvalue weighted by molar-refractivity contribution is 5.92. The molecule has 0 atom stereocenters. The van der Waals surface area contributed by atoms with Crippen LogP contribution in [0.3, 0.4) is 0 Å². The largest absolute Gasteiger partial charge is 0.456 e. The van der Waals surface area contributed by atoms with Crippen LogP contribution in [0, 0.1) is 20.8 Å². The van der Waals surface area contributed by atoms with Crippen LogP contribution in [0.1, 0.15) is 23.5 Å². The van der Waals surface area contributed by atoms with E-state index in [0.29, 0.717) is 12.4 Å². The van der Waals surface area contributed by atoms with Gasteiger partial charge in [0, 0.05) is 18.8 Å². The summed E-state index contributed by atoms with van der Waals surface area (Å²) in [4.78, 5) is 23.5. The number of esters is 1. The molecular weight excluding hydrogens is 298 g/mol. The van der Waals surface area contributed by atoms with Crippen molar-refractivity contribution in [2.45, 2.75) is 33.7 Å². The Kier molecular flexibility index (Phi) is 5.15. The Morgan fingerprint density at radius 2 is 1.87 bits per heavy atom. The van der Waals surface area contributed by atoms with Gasteiger partial charge in [0.2, 0.25) is 0 Å². The lowest BCUT2D eigenvalue weighted by molar-refractivity contribution is -0.147. The zero-order chi connectivity index (χ0) is 17.0. The number of rotatable bonds is 6. The van der Waals surface area contributed by atoms with Gasteiger partial charge < -0.3 is 10.1 Å². The molecule has 2 aromatic heterocycles. The first-order valence-electron chi connectivity index (χ1n) is 7.32. The van der Waals surface area contributed by atoms with Crippen molar-refractivity contribution in [3.63, 3.8) is 0 Å². The monoisotopic (exact) mass is 319 g/mol. The van der Waals surface area contributed by atoms with E-state index in [1.54, 1.807) is 22.5 Å². The predicted octanol–water partition coefficient (Wildman–Crippen LogP) is 1.11. The van der Waals surface area contributed by atoms with E-state index in [1.165, 1.54) is 0 Å². The number of hydrogen-bond donors (Lipinski definition) is 1. The molecule has 23 heavy (non-hydrogen) atoms. The number of nitrogens with one attached hydrogen (secondary N) is 1. The molecule has 8 heteroatoms. The Hall–Kier alpha value is -2.64. The Morgan fingerprint density at radius 3 is 2.43 bits per heavy atom. The summed E-state index contributed by atoms with van der Waals surface area (Å²) in [6, 6.07) is 3.68. The summed E-state index contributed by atoms with van der Waals surface area (Å²) in [5, 5.41) is 11.0. The Morgan fingerprint density at radius 1 is 1.17 bits per heavy atom.